The topological polar surface area (TPSA) is 29.3 Å². The second kappa shape index (κ2) is 1.91. The predicted molar refractivity (Wildman–Crippen MR) is 40.8 cm³/mol. The van der Waals surface area contributed by atoms with E-state index >= 15 is 0 Å². The van der Waals surface area contributed by atoms with Gasteiger partial charge in [-0.2, -0.15) is 0 Å². The first-order valence-electron chi connectivity index (χ1n) is 3.52. The van der Waals surface area contributed by atoms with Crippen molar-refractivity contribution in [3.05, 3.63) is 0 Å². The molecule has 2 nitrogen and oxygen atoms in total. The number of rotatable bonds is 1. The van der Waals surface area contributed by atoms with Gasteiger partial charge in [0.05, 0.1) is 0 Å². The molecule has 0 radical (unpaired) electrons. The minimum atomic E-state index is 0.877. The van der Waals surface area contributed by atoms with Crippen LogP contribution < -0.4 is 5.73 Å². The normalized spacial score (nSPS) is 49.3. The zero-order chi connectivity index (χ0) is 6.43. The molecule has 2 rings (SSSR count). The Morgan fingerprint density at radius 3 is 2.44 bits per heavy atom. The van der Waals surface area contributed by atoms with Crippen LogP contribution in [0.25, 0.3) is 0 Å². The molecule has 0 bridgehead atoms. The maximum absolute atomic E-state index is 5.54. The fourth-order valence-electron chi connectivity index (χ4n) is 2.03. The highest BCUT2D eigenvalue weighted by Gasteiger charge is 2.53. The van der Waals surface area contributed by atoms with E-state index in [0.717, 1.165) is 24.3 Å². The molecule has 0 aromatic heterocycles. The van der Waals surface area contributed by atoms with Crippen LogP contribution in [0.1, 0.15) is 0 Å². The molecule has 9 heavy (non-hydrogen) atoms. The highest BCUT2D eigenvalue weighted by atomic mass is 31.0. The quantitative estimate of drug-likeness (QED) is 0.521. The Hall–Kier alpha value is 0.350. The van der Waals surface area contributed by atoms with Crippen molar-refractivity contribution in [1.29, 1.82) is 0 Å². The fraction of sp³-hybridized carbons (Fsp3) is 1.00. The van der Waals surface area contributed by atoms with Crippen LogP contribution in [0.3, 0.4) is 0 Å². The molecule has 1 heterocycles. The second-order valence-corrected chi connectivity index (χ2v) is 3.91. The maximum Gasteiger partial charge on any atom is 0.00511 e. The van der Waals surface area contributed by atoms with Crippen LogP contribution in [-0.2, 0) is 0 Å². The Morgan fingerprint density at radius 2 is 2.00 bits per heavy atom. The fourth-order valence-corrected chi connectivity index (χ4v) is 2.52. The summed E-state index contributed by atoms with van der Waals surface area (Å²) in [6.07, 6.45) is 0. The zero-order valence-electron chi connectivity index (χ0n) is 5.46. The SMILES string of the molecule is NCC1C2CN(P)CC12. The molecule has 2 aliphatic rings. The first-order chi connectivity index (χ1) is 4.33. The molecule has 52 valence electrons. The van der Waals surface area contributed by atoms with Gasteiger partial charge in [-0.15, -0.1) is 0 Å². The Kier molecular flexibility index (Phi) is 1.29. The molecule has 0 spiro atoms. The lowest BCUT2D eigenvalue weighted by Crippen LogP contribution is -2.16. The van der Waals surface area contributed by atoms with Gasteiger partial charge in [-0.25, -0.2) is 0 Å². The average Bonchev–Trinajstić information content (AvgIpc) is 2.30. The van der Waals surface area contributed by atoms with Gasteiger partial charge in [0.1, 0.15) is 0 Å². The van der Waals surface area contributed by atoms with Gasteiger partial charge in [0.2, 0.25) is 0 Å². The van der Waals surface area contributed by atoms with Crippen molar-refractivity contribution < 1.29 is 0 Å². The van der Waals surface area contributed by atoms with Gasteiger partial charge in [0.25, 0.3) is 0 Å². The van der Waals surface area contributed by atoms with E-state index in [9.17, 15) is 0 Å². The molecule has 0 aromatic carbocycles. The summed E-state index contributed by atoms with van der Waals surface area (Å²) in [6, 6.07) is 0. The van der Waals surface area contributed by atoms with Crippen molar-refractivity contribution in [2.45, 2.75) is 0 Å². The summed E-state index contributed by atoms with van der Waals surface area (Å²) >= 11 is 0. The van der Waals surface area contributed by atoms with Gasteiger partial charge >= 0.3 is 0 Å². The molecule has 2 fully saturated rings. The molecular formula is C6H13N2P. The first-order valence-corrected chi connectivity index (χ1v) is 4.04. The third kappa shape index (κ3) is 0.813. The van der Waals surface area contributed by atoms with Gasteiger partial charge in [-0.05, 0) is 24.3 Å². The number of fused-ring (bicyclic) bond motifs is 1. The van der Waals surface area contributed by atoms with Crippen LogP contribution in [0, 0.1) is 17.8 Å². The van der Waals surface area contributed by atoms with Gasteiger partial charge in [0.15, 0.2) is 0 Å². The summed E-state index contributed by atoms with van der Waals surface area (Å²) in [5.74, 6) is 2.78. The second-order valence-electron chi connectivity index (χ2n) is 3.18. The molecule has 1 saturated heterocycles. The van der Waals surface area contributed by atoms with E-state index in [-0.39, 0.29) is 0 Å². The summed E-state index contributed by atoms with van der Waals surface area (Å²) in [5, 5.41) is 0. The number of hydrogen-bond donors (Lipinski definition) is 1. The summed E-state index contributed by atoms with van der Waals surface area (Å²) < 4.78 is 2.32. The van der Waals surface area contributed by atoms with Crippen LogP contribution in [-0.4, -0.2) is 24.3 Å². The van der Waals surface area contributed by atoms with E-state index in [1.165, 1.54) is 13.1 Å². The highest BCUT2D eigenvalue weighted by Crippen LogP contribution is 2.51. The number of nitrogens with two attached hydrogens (primary N) is 1. The molecule has 1 saturated carbocycles. The Morgan fingerprint density at radius 1 is 1.44 bits per heavy atom. The van der Waals surface area contributed by atoms with Crippen molar-refractivity contribution >= 4 is 9.39 Å². The van der Waals surface area contributed by atoms with E-state index in [1.807, 2.05) is 0 Å². The minimum Gasteiger partial charge on any atom is -0.330 e. The van der Waals surface area contributed by atoms with E-state index < -0.39 is 0 Å². The third-order valence-electron chi connectivity index (χ3n) is 2.67. The molecule has 0 aromatic rings. The molecular weight excluding hydrogens is 131 g/mol. The van der Waals surface area contributed by atoms with Crippen molar-refractivity contribution in [1.82, 2.24) is 4.67 Å². The van der Waals surface area contributed by atoms with E-state index in [4.69, 9.17) is 5.73 Å². The van der Waals surface area contributed by atoms with Crippen LogP contribution >= 0.6 is 9.39 Å². The van der Waals surface area contributed by atoms with E-state index in [0.29, 0.717) is 0 Å². The van der Waals surface area contributed by atoms with Crippen LogP contribution in [0.2, 0.25) is 0 Å². The van der Waals surface area contributed by atoms with Crippen molar-refractivity contribution in [3.8, 4) is 0 Å². The number of hydrogen-bond acceptors (Lipinski definition) is 2. The van der Waals surface area contributed by atoms with Crippen molar-refractivity contribution in [3.63, 3.8) is 0 Å². The average molecular weight is 144 g/mol. The first kappa shape index (κ1) is 6.09. The van der Waals surface area contributed by atoms with Crippen LogP contribution in [0.4, 0.5) is 0 Å². The third-order valence-corrected chi connectivity index (χ3v) is 3.09. The smallest absolute Gasteiger partial charge is 0.00511 e. The van der Waals surface area contributed by atoms with E-state index in [1.54, 1.807) is 0 Å². The monoisotopic (exact) mass is 144 g/mol. The van der Waals surface area contributed by atoms with Gasteiger partial charge in [0, 0.05) is 13.1 Å². The lowest BCUT2D eigenvalue weighted by atomic mass is 10.3. The lowest BCUT2D eigenvalue weighted by molar-refractivity contribution is 0.464. The summed E-state index contributed by atoms with van der Waals surface area (Å²) in [5.41, 5.74) is 5.54. The molecule has 3 heteroatoms. The van der Waals surface area contributed by atoms with Gasteiger partial charge < -0.3 is 5.73 Å². The number of nitrogens with zero attached hydrogens (tertiary/aromatic N) is 1. The van der Waals surface area contributed by atoms with Crippen molar-refractivity contribution in [2.24, 2.45) is 23.5 Å². The molecule has 1 aliphatic heterocycles. The van der Waals surface area contributed by atoms with Gasteiger partial charge in [-0.3, -0.25) is 4.67 Å². The zero-order valence-corrected chi connectivity index (χ0v) is 6.61. The Labute approximate surface area is 58.0 Å². The molecule has 1 aliphatic carbocycles. The maximum atomic E-state index is 5.54. The summed E-state index contributed by atoms with van der Waals surface area (Å²) in [7, 11) is 2.76. The minimum absolute atomic E-state index is 0.877. The molecule has 3 unspecified atom stereocenters. The highest BCUT2D eigenvalue weighted by molar-refractivity contribution is 7.13. The Bertz CT molecular complexity index is 116. The lowest BCUT2D eigenvalue weighted by Gasteiger charge is -2.10. The van der Waals surface area contributed by atoms with Crippen LogP contribution in [0.5, 0.6) is 0 Å². The number of piperidine rings is 1. The molecule has 3 atom stereocenters. The van der Waals surface area contributed by atoms with Gasteiger partial charge in [-0.1, -0.05) is 9.39 Å². The molecule has 2 N–H and O–H groups in total. The van der Waals surface area contributed by atoms with Crippen molar-refractivity contribution in [2.75, 3.05) is 19.6 Å². The molecule has 0 amide bonds. The summed E-state index contributed by atoms with van der Waals surface area (Å²) in [6.45, 7) is 3.43. The van der Waals surface area contributed by atoms with Crippen LogP contribution in [0.15, 0.2) is 0 Å². The largest absolute Gasteiger partial charge is 0.330 e. The predicted octanol–water partition coefficient (Wildman–Crippen LogP) is -0.0870. The Balaban J connectivity index is 1.91. The summed E-state index contributed by atoms with van der Waals surface area (Å²) in [4.78, 5) is 0. The van der Waals surface area contributed by atoms with E-state index in [2.05, 4.69) is 14.1 Å². The standard InChI is InChI=1S/C6H13N2P/c7-1-4-5-2-8(9)3-6(4)5/h4-6H,1-3,7,9H2.